The number of nitrogens with zero attached hydrogens (tertiary/aromatic N) is 2. The fourth-order valence-corrected chi connectivity index (χ4v) is 5.32. The molecule has 1 aliphatic heterocycles. The summed E-state index contributed by atoms with van der Waals surface area (Å²) in [7, 11) is 1.64. The highest BCUT2D eigenvalue weighted by Crippen LogP contribution is 2.35. The van der Waals surface area contributed by atoms with Gasteiger partial charge in [-0.25, -0.2) is 0 Å². The summed E-state index contributed by atoms with van der Waals surface area (Å²) in [4.78, 5) is 18.1. The van der Waals surface area contributed by atoms with Gasteiger partial charge in [0.15, 0.2) is 0 Å². The number of likely N-dealkylation sites (tertiary alicyclic amines) is 1. The Morgan fingerprint density at radius 2 is 2.16 bits per heavy atom. The van der Waals surface area contributed by atoms with Crippen LogP contribution < -0.4 is 4.74 Å². The molecule has 1 saturated heterocycles. The number of hydrogen-bond acceptors (Lipinski definition) is 6. The maximum absolute atomic E-state index is 11.2. The van der Waals surface area contributed by atoms with Crippen molar-refractivity contribution >= 4 is 28.6 Å². The normalized spacial score (nSPS) is 20.3. The molecule has 7 heteroatoms. The lowest BCUT2D eigenvalue weighted by Gasteiger charge is -2.39. The Kier molecular flexibility index (Phi) is 9.63. The summed E-state index contributed by atoms with van der Waals surface area (Å²) in [5.41, 5.74) is 1.73. The first-order valence-electron chi connectivity index (χ1n) is 11.6. The van der Waals surface area contributed by atoms with Crippen molar-refractivity contribution < 1.29 is 19.7 Å². The van der Waals surface area contributed by atoms with E-state index in [0.717, 1.165) is 60.4 Å². The summed E-state index contributed by atoms with van der Waals surface area (Å²) in [5.74, 6) is 2.01. The molecule has 0 spiro atoms. The molecule has 1 fully saturated rings. The predicted molar refractivity (Wildman–Crippen MR) is 130 cm³/mol. The van der Waals surface area contributed by atoms with Gasteiger partial charge in [-0.1, -0.05) is 0 Å². The number of aromatic nitrogens is 1. The zero-order valence-corrected chi connectivity index (χ0v) is 20.0. The van der Waals surface area contributed by atoms with Gasteiger partial charge in [-0.3, -0.25) is 9.78 Å². The highest BCUT2D eigenvalue weighted by atomic mass is 32.2. The molecule has 0 aliphatic carbocycles. The second-order valence-corrected chi connectivity index (χ2v) is 9.75. The van der Waals surface area contributed by atoms with Gasteiger partial charge in [0.1, 0.15) is 5.75 Å². The number of aliphatic hydroxyl groups excluding tert-OH is 1. The smallest absolute Gasteiger partial charge is 0.303 e. The van der Waals surface area contributed by atoms with Crippen LogP contribution in [0.25, 0.3) is 10.9 Å². The van der Waals surface area contributed by atoms with Crippen LogP contribution >= 0.6 is 11.8 Å². The molecule has 1 aliphatic rings. The van der Waals surface area contributed by atoms with E-state index in [9.17, 15) is 15.0 Å². The molecule has 32 heavy (non-hydrogen) atoms. The van der Waals surface area contributed by atoms with Gasteiger partial charge in [-0.15, -0.1) is 0 Å². The number of carboxylic acid groups (broad SMARTS) is 1. The number of ether oxygens (including phenoxy) is 1. The Morgan fingerprint density at radius 3 is 2.91 bits per heavy atom. The van der Waals surface area contributed by atoms with Crippen LogP contribution in [0.1, 0.15) is 50.2 Å². The number of thioether (sulfide) groups is 1. The van der Waals surface area contributed by atoms with Crippen molar-refractivity contribution in [1.82, 2.24) is 9.88 Å². The number of piperidine rings is 1. The third-order valence-corrected chi connectivity index (χ3v) is 7.38. The van der Waals surface area contributed by atoms with Crippen molar-refractivity contribution in [3.05, 3.63) is 36.0 Å². The molecule has 1 aromatic carbocycles. The standard InChI is InChI=1S/C25H36N2O4S/c1-31-20-6-7-23-22(16-20)21(10-12-26-23)24(28)8-4-18-11-14-27(13-3-15-32-2)17-19(18)5-9-25(29)30/h6-7,10,12,16,18-19,24,28H,3-5,8-9,11,13-15,17H2,1-2H3,(H,29,30)/t18?,19?,24-/m0/s1. The van der Waals surface area contributed by atoms with Gasteiger partial charge in [0.05, 0.1) is 18.7 Å². The van der Waals surface area contributed by atoms with E-state index in [-0.39, 0.29) is 6.42 Å². The summed E-state index contributed by atoms with van der Waals surface area (Å²) in [6, 6.07) is 7.62. The van der Waals surface area contributed by atoms with Gasteiger partial charge in [0, 0.05) is 24.5 Å². The largest absolute Gasteiger partial charge is 0.497 e. The molecule has 176 valence electrons. The van der Waals surface area contributed by atoms with E-state index in [4.69, 9.17) is 4.74 Å². The molecule has 0 amide bonds. The number of aliphatic hydroxyl groups is 1. The molecular formula is C25H36N2O4S. The van der Waals surface area contributed by atoms with Crippen LogP contribution in [-0.2, 0) is 4.79 Å². The number of benzene rings is 1. The van der Waals surface area contributed by atoms with Crippen molar-refractivity contribution in [2.75, 3.05) is 38.8 Å². The van der Waals surface area contributed by atoms with Crippen LogP contribution in [-0.4, -0.2) is 64.8 Å². The van der Waals surface area contributed by atoms with Crippen LogP contribution in [0.3, 0.4) is 0 Å². The van der Waals surface area contributed by atoms with Crippen molar-refractivity contribution in [2.45, 2.75) is 44.6 Å². The SMILES string of the molecule is COc1ccc2nccc([C@@H](O)CCC3CCN(CCCSC)CC3CCC(=O)O)c2c1. The number of methoxy groups -OCH3 is 1. The van der Waals surface area contributed by atoms with Crippen molar-refractivity contribution in [1.29, 1.82) is 0 Å². The molecule has 3 atom stereocenters. The maximum atomic E-state index is 11.2. The molecule has 3 rings (SSSR count). The molecule has 1 aromatic heterocycles. The van der Waals surface area contributed by atoms with Gasteiger partial charge in [-0.2, -0.15) is 11.8 Å². The van der Waals surface area contributed by atoms with Gasteiger partial charge in [0.25, 0.3) is 0 Å². The molecule has 2 unspecified atom stereocenters. The van der Waals surface area contributed by atoms with Crippen LogP contribution in [0.2, 0.25) is 0 Å². The summed E-state index contributed by atoms with van der Waals surface area (Å²) in [6.07, 6.45) is 8.05. The summed E-state index contributed by atoms with van der Waals surface area (Å²) >= 11 is 1.87. The van der Waals surface area contributed by atoms with Gasteiger partial charge >= 0.3 is 5.97 Å². The van der Waals surface area contributed by atoms with Gasteiger partial charge in [-0.05, 0) is 98.9 Å². The topological polar surface area (TPSA) is 82.9 Å². The molecule has 0 radical (unpaired) electrons. The highest BCUT2D eigenvalue weighted by Gasteiger charge is 2.30. The number of hydrogen-bond donors (Lipinski definition) is 2. The van der Waals surface area contributed by atoms with Crippen LogP contribution in [0, 0.1) is 11.8 Å². The second kappa shape index (κ2) is 12.4. The number of fused-ring (bicyclic) bond motifs is 1. The van der Waals surface area contributed by atoms with E-state index >= 15 is 0 Å². The van der Waals surface area contributed by atoms with E-state index in [0.29, 0.717) is 24.7 Å². The fraction of sp³-hybridized carbons (Fsp3) is 0.600. The minimum absolute atomic E-state index is 0.219. The molecule has 2 aromatic rings. The third kappa shape index (κ3) is 6.83. The average molecular weight is 461 g/mol. The highest BCUT2D eigenvalue weighted by molar-refractivity contribution is 7.98. The first kappa shape index (κ1) is 24.8. The fourth-order valence-electron chi connectivity index (χ4n) is 4.90. The summed E-state index contributed by atoms with van der Waals surface area (Å²) in [5, 5.41) is 21.2. The Balaban J connectivity index is 1.64. The van der Waals surface area contributed by atoms with Gasteiger partial charge in [0.2, 0.25) is 0 Å². The molecule has 2 N–H and O–H groups in total. The first-order chi connectivity index (χ1) is 15.5. The Labute approximate surface area is 195 Å². The van der Waals surface area contributed by atoms with E-state index in [2.05, 4.69) is 16.1 Å². The molecule has 2 heterocycles. The first-order valence-corrected chi connectivity index (χ1v) is 12.9. The minimum Gasteiger partial charge on any atom is -0.497 e. The zero-order valence-electron chi connectivity index (χ0n) is 19.2. The number of carboxylic acids is 1. The Bertz CT molecular complexity index is 878. The number of aliphatic carboxylic acids is 1. The molecule has 6 nitrogen and oxygen atoms in total. The van der Waals surface area contributed by atoms with Crippen molar-refractivity contribution in [3.63, 3.8) is 0 Å². The molecular weight excluding hydrogens is 424 g/mol. The lowest BCUT2D eigenvalue weighted by Crippen LogP contribution is -2.41. The second-order valence-electron chi connectivity index (χ2n) is 8.76. The molecule has 0 saturated carbocycles. The zero-order chi connectivity index (χ0) is 22.9. The van der Waals surface area contributed by atoms with Crippen molar-refractivity contribution in [2.24, 2.45) is 11.8 Å². The third-order valence-electron chi connectivity index (χ3n) is 6.68. The van der Waals surface area contributed by atoms with E-state index < -0.39 is 12.1 Å². The lowest BCUT2D eigenvalue weighted by molar-refractivity contribution is -0.137. The Morgan fingerprint density at radius 1 is 1.31 bits per heavy atom. The quantitative estimate of drug-likeness (QED) is 0.448. The van der Waals surface area contributed by atoms with Crippen LogP contribution in [0.5, 0.6) is 5.75 Å². The predicted octanol–water partition coefficient (Wildman–Crippen LogP) is 4.61. The van der Waals surface area contributed by atoms with E-state index in [1.165, 1.54) is 6.42 Å². The number of carbonyl (C=O) groups is 1. The minimum atomic E-state index is -0.722. The van der Waals surface area contributed by atoms with Crippen LogP contribution in [0.15, 0.2) is 30.5 Å². The lowest BCUT2D eigenvalue weighted by atomic mass is 9.79. The Hall–Kier alpha value is -1.83. The number of rotatable bonds is 12. The molecule has 0 bridgehead atoms. The number of pyridine rings is 1. The average Bonchev–Trinajstić information content (AvgIpc) is 2.81. The maximum Gasteiger partial charge on any atom is 0.303 e. The summed E-state index contributed by atoms with van der Waals surface area (Å²) in [6.45, 7) is 3.12. The van der Waals surface area contributed by atoms with Gasteiger partial charge < -0.3 is 19.8 Å². The van der Waals surface area contributed by atoms with E-state index in [1.54, 1.807) is 13.3 Å². The van der Waals surface area contributed by atoms with Crippen LogP contribution in [0.4, 0.5) is 0 Å². The van der Waals surface area contributed by atoms with Crippen molar-refractivity contribution in [3.8, 4) is 5.75 Å². The van der Waals surface area contributed by atoms with E-state index in [1.807, 2.05) is 36.0 Å². The summed E-state index contributed by atoms with van der Waals surface area (Å²) < 4.78 is 5.35. The monoisotopic (exact) mass is 460 g/mol.